The van der Waals surface area contributed by atoms with E-state index in [1.54, 1.807) is 66.7 Å². The first kappa shape index (κ1) is 22.0. The first-order valence-electron chi connectivity index (χ1n) is 10.7. The van der Waals surface area contributed by atoms with Crippen molar-refractivity contribution in [2.45, 2.75) is 5.54 Å². The van der Waals surface area contributed by atoms with Gasteiger partial charge < -0.3 is 20.1 Å². The summed E-state index contributed by atoms with van der Waals surface area (Å²) in [5.74, 6) is -0.994. The molecule has 0 unspecified atom stereocenters. The van der Waals surface area contributed by atoms with E-state index in [4.69, 9.17) is 9.47 Å². The smallest absolute Gasteiger partial charge is 0.344 e. The first-order valence-corrected chi connectivity index (χ1v) is 10.7. The maximum absolute atomic E-state index is 13.6. The second-order valence-electron chi connectivity index (χ2n) is 7.84. The van der Waals surface area contributed by atoms with Crippen LogP contribution in [0.1, 0.15) is 21.5 Å². The van der Waals surface area contributed by atoms with Gasteiger partial charge in [0.05, 0.1) is 6.54 Å². The number of imide groups is 1. The van der Waals surface area contributed by atoms with Crippen LogP contribution in [0.2, 0.25) is 0 Å². The molecule has 1 saturated heterocycles. The fourth-order valence-corrected chi connectivity index (χ4v) is 4.03. The van der Waals surface area contributed by atoms with Crippen molar-refractivity contribution in [1.82, 2.24) is 21.1 Å². The summed E-state index contributed by atoms with van der Waals surface area (Å²) in [4.78, 5) is 51.4. The number of hydrogen-bond acceptors (Lipinski definition) is 6. The number of urea groups is 1. The highest BCUT2D eigenvalue weighted by Gasteiger charge is 2.54. The Labute approximate surface area is 199 Å². The zero-order valence-electron chi connectivity index (χ0n) is 18.3. The molecule has 5 amide bonds. The number of nitrogens with zero attached hydrogens (tertiary/aromatic N) is 1. The van der Waals surface area contributed by atoms with Crippen LogP contribution in [-0.4, -0.2) is 42.1 Å². The number of nitrogens with one attached hydrogen (secondary N) is 3. The van der Waals surface area contributed by atoms with Gasteiger partial charge >= 0.3 is 6.03 Å². The second-order valence-corrected chi connectivity index (χ2v) is 7.84. The molecular weight excluding hydrogens is 452 g/mol. The molecule has 176 valence electrons. The molecule has 10 nitrogen and oxygen atoms in total. The quantitative estimate of drug-likeness (QED) is 0.469. The lowest BCUT2D eigenvalue weighted by Gasteiger charge is -2.27. The fraction of sp³-hybridized carbons (Fsp3) is 0.120. The van der Waals surface area contributed by atoms with Crippen LogP contribution in [-0.2, 0) is 15.1 Å². The maximum atomic E-state index is 13.6. The number of hydrazine groups is 1. The number of hydrogen-bond donors (Lipinski definition) is 3. The van der Waals surface area contributed by atoms with Gasteiger partial charge in [-0.3, -0.25) is 19.8 Å². The van der Waals surface area contributed by atoms with Crippen LogP contribution in [0.4, 0.5) is 4.79 Å². The van der Waals surface area contributed by atoms with Crippen molar-refractivity contribution in [3.8, 4) is 11.5 Å². The van der Waals surface area contributed by atoms with E-state index in [1.807, 2.05) is 0 Å². The number of fused-ring (bicyclic) bond motifs is 1. The Morgan fingerprint density at radius 2 is 1.51 bits per heavy atom. The molecule has 3 aromatic rings. The van der Waals surface area contributed by atoms with Crippen molar-refractivity contribution in [3.63, 3.8) is 0 Å². The third kappa shape index (κ3) is 3.90. The van der Waals surface area contributed by atoms with Gasteiger partial charge in [-0.05, 0) is 29.3 Å². The predicted molar refractivity (Wildman–Crippen MR) is 122 cm³/mol. The monoisotopic (exact) mass is 472 g/mol. The molecule has 3 aromatic carbocycles. The SMILES string of the molecule is O=C(CNC(=O)c1ccc2c(c1)OCO2)NN1C(=O)NC(c2ccccc2)(c2ccccc2)C1=O. The van der Waals surface area contributed by atoms with Gasteiger partial charge in [0.2, 0.25) is 6.79 Å². The van der Waals surface area contributed by atoms with E-state index >= 15 is 0 Å². The lowest BCUT2D eigenvalue weighted by molar-refractivity contribution is -0.138. The molecule has 1 fully saturated rings. The van der Waals surface area contributed by atoms with Crippen molar-refractivity contribution >= 4 is 23.8 Å². The van der Waals surface area contributed by atoms with Crippen molar-refractivity contribution in [2.24, 2.45) is 0 Å². The van der Waals surface area contributed by atoms with Crippen molar-refractivity contribution in [3.05, 3.63) is 95.6 Å². The molecule has 2 aliphatic heterocycles. The van der Waals surface area contributed by atoms with E-state index < -0.39 is 35.8 Å². The zero-order chi connectivity index (χ0) is 24.4. The summed E-state index contributed by atoms with van der Waals surface area (Å²) in [5.41, 5.74) is 2.13. The Kier molecular flexibility index (Phi) is 5.54. The van der Waals surface area contributed by atoms with E-state index in [0.717, 1.165) is 0 Å². The summed E-state index contributed by atoms with van der Waals surface area (Å²) in [6.45, 7) is -0.393. The topological polar surface area (TPSA) is 126 Å². The van der Waals surface area contributed by atoms with Crippen LogP contribution in [0.3, 0.4) is 0 Å². The average molecular weight is 472 g/mol. The zero-order valence-corrected chi connectivity index (χ0v) is 18.3. The van der Waals surface area contributed by atoms with E-state index in [2.05, 4.69) is 16.1 Å². The highest BCUT2D eigenvalue weighted by molar-refractivity contribution is 6.10. The number of rotatable bonds is 6. The number of benzene rings is 3. The van der Waals surface area contributed by atoms with Crippen molar-refractivity contribution in [1.29, 1.82) is 0 Å². The minimum absolute atomic E-state index is 0.0716. The third-order valence-electron chi connectivity index (χ3n) is 5.72. The lowest BCUT2D eigenvalue weighted by atomic mass is 9.83. The molecule has 2 aliphatic rings. The number of ether oxygens (including phenoxy) is 2. The summed E-state index contributed by atoms with van der Waals surface area (Å²) in [7, 11) is 0. The highest BCUT2D eigenvalue weighted by Crippen LogP contribution is 2.35. The molecule has 0 radical (unpaired) electrons. The molecule has 5 rings (SSSR count). The van der Waals surface area contributed by atoms with E-state index in [0.29, 0.717) is 27.6 Å². The van der Waals surface area contributed by atoms with Gasteiger partial charge in [0, 0.05) is 5.56 Å². The Morgan fingerprint density at radius 1 is 0.886 bits per heavy atom. The summed E-state index contributed by atoms with van der Waals surface area (Å²) in [5, 5.41) is 5.82. The predicted octanol–water partition coefficient (Wildman–Crippen LogP) is 1.67. The third-order valence-corrected chi connectivity index (χ3v) is 5.72. The minimum atomic E-state index is -1.51. The molecule has 0 atom stereocenters. The van der Waals surface area contributed by atoms with Gasteiger partial charge in [-0.15, -0.1) is 0 Å². The van der Waals surface area contributed by atoms with Crippen LogP contribution in [0.5, 0.6) is 11.5 Å². The molecule has 0 bridgehead atoms. The normalized spacial score (nSPS) is 15.5. The standard InChI is InChI=1S/C25H20N4O6/c30-21(14-26-22(31)16-11-12-19-20(13-16)35-15-34-19)28-29-23(32)25(27-24(29)33,17-7-3-1-4-8-17)18-9-5-2-6-10-18/h1-13H,14-15H2,(H,26,31)(H,27,33)(H,28,30). The summed E-state index contributed by atoms with van der Waals surface area (Å²) < 4.78 is 10.5. The number of amides is 5. The van der Waals surface area contributed by atoms with Crippen LogP contribution in [0.15, 0.2) is 78.9 Å². The average Bonchev–Trinajstić information content (AvgIpc) is 3.46. The summed E-state index contributed by atoms with van der Waals surface area (Å²) in [6, 6.07) is 21.4. The Morgan fingerprint density at radius 3 is 2.17 bits per heavy atom. The summed E-state index contributed by atoms with van der Waals surface area (Å²) in [6.07, 6.45) is 0. The molecule has 0 saturated carbocycles. The number of carbonyl (C=O) groups is 4. The Balaban J connectivity index is 1.30. The van der Waals surface area contributed by atoms with Gasteiger partial charge in [-0.2, -0.15) is 5.01 Å². The van der Waals surface area contributed by atoms with E-state index in [9.17, 15) is 19.2 Å². The fourth-order valence-electron chi connectivity index (χ4n) is 4.03. The first-order chi connectivity index (χ1) is 17.0. The van der Waals surface area contributed by atoms with E-state index in [1.165, 1.54) is 12.1 Å². The second kappa shape index (κ2) is 8.82. The van der Waals surface area contributed by atoms with Crippen LogP contribution in [0.25, 0.3) is 0 Å². The van der Waals surface area contributed by atoms with Gasteiger partial charge in [-0.25, -0.2) is 4.79 Å². The van der Waals surface area contributed by atoms with E-state index in [-0.39, 0.29) is 12.4 Å². The molecule has 0 aromatic heterocycles. The molecule has 0 aliphatic carbocycles. The van der Waals surface area contributed by atoms with Crippen LogP contribution < -0.4 is 25.5 Å². The maximum Gasteiger partial charge on any atom is 0.344 e. The van der Waals surface area contributed by atoms with Crippen LogP contribution >= 0.6 is 0 Å². The van der Waals surface area contributed by atoms with Gasteiger partial charge in [0.25, 0.3) is 17.7 Å². The Hall–Kier alpha value is -4.86. The van der Waals surface area contributed by atoms with Gasteiger partial charge in [0.15, 0.2) is 17.0 Å². The summed E-state index contributed by atoms with van der Waals surface area (Å²) >= 11 is 0. The number of carbonyl (C=O) groups excluding carboxylic acids is 4. The minimum Gasteiger partial charge on any atom is -0.454 e. The van der Waals surface area contributed by atoms with Crippen molar-refractivity contribution in [2.75, 3.05) is 13.3 Å². The molecule has 2 heterocycles. The van der Waals surface area contributed by atoms with Crippen LogP contribution in [0, 0.1) is 0 Å². The molecule has 10 heteroatoms. The largest absolute Gasteiger partial charge is 0.454 e. The molecule has 3 N–H and O–H groups in total. The molecule has 0 spiro atoms. The lowest BCUT2D eigenvalue weighted by Crippen LogP contribution is -2.51. The highest BCUT2D eigenvalue weighted by atomic mass is 16.7. The Bertz CT molecular complexity index is 1270. The molecule has 35 heavy (non-hydrogen) atoms. The van der Waals surface area contributed by atoms with Gasteiger partial charge in [-0.1, -0.05) is 60.7 Å². The van der Waals surface area contributed by atoms with Crippen molar-refractivity contribution < 1.29 is 28.7 Å². The molecular formula is C25H20N4O6. The van der Waals surface area contributed by atoms with Gasteiger partial charge in [0.1, 0.15) is 0 Å².